The summed E-state index contributed by atoms with van der Waals surface area (Å²) in [6.45, 7) is 2.26. The van der Waals surface area contributed by atoms with Crippen LogP contribution in [0, 0.1) is 0 Å². The van der Waals surface area contributed by atoms with Gasteiger partial charge in [0.15, 0.2) is 11.9 Å². The molecule has 3 N–H and O–H groups in total. The van der Waals surface area contributed by atoms with Crippen LogP contribution in [0.25, 0.3) is 11.3 Å². The Bertz CT molecular complexity index is 658. The van der Waals surface area contributed by atoms with Crippen molar-refractivity contribution in [2.24, 2.45) is 0 Å². The van der Waals surface area contributed by atoms with Gasteiger partial charge in [-0.3, -0.25) is 4.79 Å². The summed E-state index contributed by atoms with van der Waals surface area (Å²) in [5.41, 5.74) is 1.29. The maximum Gasteiger partial charge on any atom is 0.488 e. The number of aromatic nitrogens is 1. The fraction of sp³-hybridized carbons (Fsp3) is 0.286. The summed E-state index contributed by atoms with van der Waals surface area (Å²) >= 11 is 0. The second-order valence-corrected chi connectivity index (χ2v) is 4.87. The van der Waals surface area contributed by atoms with Gasteiger partial charge < -0.3 is 24.6 Å². The number of nitrogens with zero attached hydrogens (tertiary/aromatic N) is 2. The number of hydrogen-bond donors (Lipinski definition) is 3. The zero-order valence-corrected chi connectivity index (χ0v) is 12.3. The van der Waals surface area contributed by atoms with Gasteiger partial charge in [-0.2, -0.15) is 0 Å². The standard InChI is InChI=1S/C14H17BN2O5/c1-3-17(2)14(19)13(18)12-8-11(16-22-12)9-5-4-6-10(7-9)15(20)21/h4-8,13,18,20-21H,3H2,1-2H3/t13-/m1/s1. The largest absolute Gasteiger partial charge is 0.488 e. The first-order valence-electron chi connectivity index (χ1n) is 6.80. The maximum atomic E-state index is 11.9. The van der Waals surface area contributed by atoms with Crippen molar-refractivity contribution in [2.75, 3.05) is 13.6 Å². The molecule has 1 amide bonds. The van der Waals surface area contributed by atoms with Gasteiger partial charge in [0.1, 0.15) is 5.69 Å². The summed E-state index contributed by atoms with van der Waals surface area (Å²) < 4.78 is 5.02. The van der Waals surface area contributed by atoms with Gasteiger partial charge >= 0.3 is 7.12 Å². The monoisotopic (exact) mass is 304 g/mol. The van der Waals surface area contributed by atoms with Crippen molar-refractivity contribution in [2.45, 2.75) is 13.0 Å². The van der Waals surface area contributed by atoms with E-state index in [2.05, 4.69) is 5.16 Å². The molecule has 116 valence electrons. The first-order valence-corrected chi connectivity index (χ1v) is 6.80. The van der Waals surface area contributed by atoms with Gasteiger partial charge in [0.05, 0.1) is 0 Å². The van der Waals surface area contributed by atoms with E-state index in [0.717, 1.165) is 0 Å². The van der Waals surface area contributed by atoms with Crippen LogP contribution >= 0.6 is 0 Å². The van der Waals surface area contributed by atoms with Crippen LogP contribution in [0.2, 0.25) is 0 Å². The fourth-order valence-corrected chi connectivity index (χ4v) is 1.90. The van der Waals surface area contributed by atoms with E-state index in [0.29, 0.717) is 23.3 Å². The average molecular weight is 304 g/mol. The number of carbonyl (C=O) groups is 1. The molecule has 0 aliphatic rings. The van der Waals surface area contributed by atoms with Crippen molar-refractivity contribution in [3.8, 4) is 11.3 Å². The highest BCUT2D eigenvalue weighted by atomic mass is 16.5. The molecule has 2 rings (SSSR count). The number of likely N-dealkylation sites (N-methyl/N-ethyl adjacent to an activating group) is 1. The minimum atomic E-state index is -1.59. The molecule has 0 radical (unpaired) electrons. The summed E-state index contributed by atoms with van der Waals surface area (Å²) in [6, 6.07) is 7.90. The summed E-state index contributed by atoms with van der Waals surface area (Å²) in [7, 11) is -0.00808. The molecule has 8 heteroatoms. The summed E-state index contributed by atoms with van der Waals surface area (Å²) in [5.74, 6) is -0.444. The molecule has 22 heavy (non-hydrogen) atoms. The lowest BCUT2D eigenvalue weighted by molar-refractivity contribution is -0.139. The Balaban J connectivity index is 2.24. The number of rotatable bonds is 5. The molecule has 1 heterocycles. The normalized spacial score (nSPS) is 12.0. The molecule has 0 aliphatic heterocycles. The van der Waals surface area contributed by atoms with Crippen LogP contribution in [-0.2, 0) is 4.79 Å². The highest BCUT2D eigenvalue weighted by Crippen LogP contribution is 2.23. The highest BCUT2D eigenvalue weighted by molar-refractivity contribution is 6.58. The van der Waals surface area contributed by atoms with Crippen molar-refractivity contribution in [1.82, 2.24) is 10.1 Å². The van der Waals surface area contributed by atoms with Crippen LogP contribution in [0.15, 0.2) is 34.9 Å². The Labute approximate surface area is 127 Å². The van der Waals surface area contributed by atoms with Crippen LogP contribution in [-0.4, -0.2) is 51.8 Å². The predicted octanol–water partition coefficient (Wildman–Crippen LogP) is -0.467. The van der Waals surface area contributed by atoms with E-state index < -0.39 is 19.1 Å². The SMILES string of the molecule is CCN(C)C(=O)[C@H](O)c1cc(-c2cccc(B(O)O)c2)no1. The van der Waals surface area contributed by atoms with E-state index in [9.17, 15) is 19.9 Å². The zero-order chi connectivity index (χ0) is 16.3. The van der Waals surface area contributed by atoms with Gasteiger partial charge in [0, 0.05) is 25.2 Å². The number of hydrogen-bond acceptors (Lipinski definition) is 6. The molecule has 0 saturated heterocycles. The molecule has 0 fully saturated rings. The minimum absolute atomic E-state index is 0.0373. The lowest BCUT2D eigenvalue weighted by atomic mass is 9.79. The Morgan fingerprint density at radius 2 is 2.14 bits per heavy atom. The van der Waals surface area contributed by atoms with Crippen molar-refractivity contribution in [3.05, 3.63) is 36.1 Å². The van der Waals surface area contributed by atoms with E-state index >= 15 is 0 Å². The molecule has 7 nitrogen and oxygen atoms in total. The first kappa shape index (κ1) is 16.2. The Morgan fingerprint density at radius 3 is 2.77 bits per heavy atom. The van der Waals surface area contributed by atoms with Crippen molar-refractivity contribution < 1.29 is 24.5 Å². The third-order valence-corrected chi connectivity index (χ3v) is 3.36. The minimum Gasteiger partial charge on any atom is -0.423 e. The quantitative estimate of drug-likeness (QED) is 0.645. The van der Waals surface area contributed by atoms with Crippen molar-refractivity contribution in [3.63, 3.8) is 0 Å². The second-order valence-electron chi connectivity index (χ2n) is 4.87. The Kier molecular flexibility index (Phi) is 4.97. The molecule has 2 aromatic rings. The number of aliphatic hydroxyl groups excluding tert-OH is 1. The smallest absolute Gasteiger partial charge is 0.423 e. The number of carbonyl (C=O) groups excluding carboxylic acids is 1. The number of aliphatic hydroxyl groups is 1. The molecular formula is C14H17BN2O5. The highest BCUT2D eigenvalue weighted by Gasteiger charge is 2.25. The van der Waals surface area contributed by atoms with Gasteiger partial charge in [-0.15, -0.1) is 0 Å². The second kappa shape index (κ2) is 6.74. The van der Waals surface area contributed by atoms with Crippen molar-refractivity contribution in [1.29, 1.82) is 0 Å². The molecular weight excluding hydrogens is 287 g/mol. The molecule has 1 aromatic heterocycles. The van der Waals surface area contributed by atoms with Crippen molar-refractivity contribution >= 4 is 18.5 Å². The van der Waals surface area contributed by atoms with Gasteiger partial charge in [-0.05, 0) is 12.4 Å². The van der Waals surface area contributed by atoms with Gasteiger partial charge in [0.25, 0.3) is 5.91 Å². The van der Waals surface area contributed by atoms with Gasteiger partial charge in [-0.25, -0.2) is 0 Å². The van der Waals surface area contributed by atoms with E-state index in [1.807, 2.05) is 0 Å². The predicted molar refractivity (Wildman–Crippen MR) is 80.0 cm³/mol. The average Bonchev–Trinajstić information content (AvgIpc) is 3.02. The van der Waals surface area contributed by atoms with Crippen LogP contribution in [0.5, 0.6) is 0 Å². The lowest BCUT2D eigenvalue weighted by Crippen LogP contribution is -2.31. The Hall–Kier alpha value is -2.16. The topological polar surface area (TPSA) is 107 Å². The third kappa shape index (κ3) is 3.36. The number of benzene rings is 1. The van der Waals surface area contributed by atoms with Crippen LogP contribution in [0.1, 0.15) is 18.8 Å². The fourth-order valence-electron chi connectivity index (χ4n) is 1.90. The molecule has 1 atom stereocenters. The molecule has 0 spiro atoms. The van der Waals surface area contributed by atoms with E-state index in [1.165, 1.54) is 11.0 Å². The molecule has 0 saturated carbocycles. The maximum absolute atomic E-state index is 11.9. The zero-order valence-electron chi connectivity index (χ0n) is 12.3. The van der Waals surface area contributed by atoms with Crippen LogP contribution in [0.3, 0.4) is 0 Å². The van der Waals surface area contributed by atoms with E-state index in [1.54, 1.807) is 38.2 Å². The molecule has 0 aliphatic carbocycles. The summed E-state index contributed by atoms with van der Waals surface area (Å²) in [4.78, 5) is 13.3. The number of amides is 1. The van der Waals surface area contributed by atoms with E-state index in [4.69, 9.17) is 4.52 Å². The van der Waals surface area contributed by atoms with Gasteiger partial charge in [0.2, 0.25) is 0 Å². The molecule has 0 unspecified atom stereocenters. The third-order valence-electron chi connectivity index (χ3n) is 3.36. The van der Waals surface area contributed by atoms with Gasteiger partial charge in [-0.1, -0.05) is 29.4 Å². The van der Waals surface area contributed by atoms with Crippen LogP contribution in [0.4, 0.5) is 0 Å². The lowest BCUT2D eigenvalue weighted by Gasteiger charge is -2.16. The summed E-state index contributed by atoms with van der Waals surface area (Å²) in [5, 5.41) is 32.1. The summed E-state index contributed by atoms with van der Waals surface area (Å²) in [6.07, 6.45) is -1.42. The van der Waals surface area contributed by atoms with E-state index in [-0.39, 0.29) is 5.76 Å². The molecule has 1 aromatic carbocycles. The first-order chi connectivity index (χ1) is 10.4. The molecule has 0 bridgehead atoms. The Morgan fingerprint density at radius 1 is 1.41 bits per heavy atom. The van der Waals surface area contributed by atoms with Crippen LogP contribution < -0.4 is 5.46 Å².